The van der Waals surface area contributed by atoms with Crippen LogP contribution in [-0.2, 0) is 11.3 Å². The largest absolute Gasteiger partial charge is 0.478 e. The van der Waals surface area contributed by atoms with E-state index in [-0.39, 0.29) is 17.1 Å². The summed E-state index contributed by atoms with van der Waals surface area (Å²) in [5.74, 6) is -3.02. The number of hydrogen-bond donors (Lipinski definition) is 2. The molecule has 0 aliphatic carbocycles. The van der Waals surface area contributed by atoms with Crippen LogP contribution in [0.2, 0.25) is 0 Å². The minimum atomic E-state index is -1.48. The summed E-state index contributed by atoms with van der Waals surface area (Å²) in [5, 5.41) is 12.9. The third-order valence-electron chi connectivity index (χ3n) is 2.78. The van der Waals surface area contributed by atoms with Crippen molar-refractivity contribution in [2.24, 2.45) is 0 Å². The van der Waals surface area contributed by atoms with Crippen molar-refractivity contribution in [1.82, 2.24) is 4.57 Å². The average molecular weight is 310 g/mol. The van der Waals surface area contributed by atoms with Crippen LogP contribution in [0.3, 0.4) is 0 Å². The monoisotopic (exact) mass is 310 g/mol. The Morgan fingerprint density at radius 3 is 2.71 bits per heavy atom. The molecule has 2 rings (SSSR count). The maximum absolute atomic E-state index is 13.5. The second-order valence-electron chi connectivity index (χ2n) is 4.24. The van der Waals surface area contributed by atoms with Crippen LogP contribution in [0.25, 0.3) is 0 Å². The van der Waals surface area contributed by atoms with Gasteiger partial charge in [0.1, 0.15) is 17.9 Å². The molecule has 0 saturated carbocycles. The van der Waals surface area contributed by atoms with E-state index in [4.69, 9.17) is 5.11 Å². The van der Waals surface area contributed by atoms with Gasteiger partial charge in [-0.1, -0.05) is 17.4 Å². The van der Waals surface area contributed by atoms with Gasteiger partial charge in [-0.3, -0.25) is 14.2 Å². The van der Waals surface area contributed by atoms with E-state index in [0.29, 0.717) is 5.69 Å². The van der Waals surface area contributed by atoms with Gasteiger partial charge >= 0.3 is 10.8 Å². The van der Waals surface area contributed by atoms with Gasteiger partial charge in [0, 0.05) is 11.1 Å². The summed E-state index contributed by atoms with van der Waals surface area (Å²) in [6.45, 7) is 1.42. The molecule has 2 aromatic rings. The number of thiazole rings is 1. The molecule has 0 saturated heterocycles. The van der Waals surface area contributed by atoms with Gasteiger partial charge in [-0.15, -0.1) is 0 Å². The Hall–Kier alpha value is -2.48. The zero-order chi connectivity index (χ0) is 15.6. The van der Waals surface area contributed by atoms with E-state index < -0.39 is 23.3 Å². The number of carboxylic acids is 1. The predicted molar refractivity (Wildman–Crippen MR) is 75.3 cm³/mol. The molecule has 6 nitrogen and oxygen atoms in total. The third-order valence-corrected chi connectivity index (χ3v) is 3.66. The van der Waals surface area contributed by atoms with E-state index in [9.17, 15) is 18.8 Å². The van der Waals surface area contributed by atoms with E-state index in [1.807, 2.05) is 0 Å². The Kier molecular flexibility index (Phi) is 4.18. The molecule has 0 radical (unpaired) electrons. The minimum Gasteiger partial charge on any atom is -0.478 e. The van der Waals surface area contributed by atoms with Crippen molar-refractivity contribution in [3.05, 3.63) is 50.3 Å². The van der Waals surface area contributed by atoms with Gasteiger partial charge in [0.05, 0.1) is 5.69 Å². The van der Waals surface area contributed by atoms with E-state index in [2.05, 4.69) is 5.32 Å². The highest BCUT2D eigenvalue weighted by Gasteiger charge is 2.18. The van der Waals surface area contributed by atoms with Gasteiger partial charge in [-0.2, -0.15) is 0 Å². The van der Waals surface area contributed by atoms with Crippen LogP contribution >= 0.6 is 11.3 Å². The number of rotatable bonds is 4. The van der Waals surface area contributed by atoms with Crippen molar-refractivity contribution in [1.29, 1.82) is 0 Å². The standard InChI is InChI=1S/C13H11FN2O4S/c1-7-6-21-13(20)16(7)5-10(17)15-9-4-2-3-8(14)11(9)12(18)19/h2-4,6H,5H2,1H3,(H,15,17)(H,18,19). The van der Waals surface area contributed by atoms with E-state index in [1.54, 1.807) is 12.3 Å². The van der Waals surface area contributed by atoms with Crippen LogP contribution in [-0.4, -0.2) is 21.6 Å². The van der Waals surface area contributed by atoms with Gasteiger partial charge in [-0.25, -0.2) is 9.18 Å². The lowest BCUT2D eigenvalue weighted by molar-refractivity contribution is -0.116. The lowest BCUT2D eigenvalue weighted by Gasteiger charge is -2.10. The van der Waals surface area contributed by atoms with Crippen molar-refractivity contribution in [3.8, 4) is 0 Å². The fraction of sp³-hybridized carbons (Fsp3) is 0.154. The maximum Gasteiger partial charge on any atom is 0.340 e. The highest BCUT2D eigenvalue weighted by molar-refractivity contribution is 7.07. The molecular weight excluding hydrogens is 299 g/mol. The number of benzene rings is 1. The number of hydrogen-bond acceptors (Lipinski definition) is 4. The SMILES string of the molecule is Cc1csc(=O)n1CC(=O)Nc1cccc(F)c1C(=O)O. The van der Waals surface area contributed by atoms with Gasteiger partial charge in [0.2, 0.25) is 5.91 Å². The van der Waals surface area contributed by atoms with E-state index in [1.165, 1.54) is 16.7 Å². The number of halogens is 1. The molecule has 8 heteroatoms. The molecule has 0 unspecified atom stereocenters. The fourth-order valence-corrected chi connectivity index (χ4v) is 2.51. The second kappa shape index (κ2) is 5.88. The molecular formula is C13H11FN2O4S. The number of carbonyl (C=O) groups is 2. The minimum absolute atomic E-state index is 0.145. The van der Waals surface area contributed by atoms with Crippen molar-refractivity contribution < 1.29 is 19.1 Å². The Balaban J connectivity index is 2.23. The molecule has 1 heterocycles. The molecule has 1 amide bonds. The Labute approximate surface area is 122 Å². The highest BCUT2D eigenvalue weighted by Crippen LogP contribution is 2.19. The molecule has 0 atom stereocenters. The first-order chi connectivity index (χ1) is 9.90. The van der Waals surface area contributed by atoms with Gasteiger partial charge < -0.3 is 10.4 Å². The van der Waals surface area contributed by atoms with Gasteiger partial charge in [-0.05, 0) is 19.1 Å². The smallest absolute Gasteiger partial charge is 0.340 e. The zero-order valence-electron chi connectivity index (χ0n) is 10.9. The van der Waals surface area contributed by atoms with Crippen LogP contribution in [0.15, 0.2) is 28.4 Å². The van der Waals surface area contributed by atoms with E-state index in [0.717, 1.165) is 17.4 Å². The molecule has 2 N–H and O–H groups in total. The Bertz CT molecular complexity index is 766. The summed E-state index contributed by atoms with van der Waals surface area (Å²) in [4.78, 5) is 34.1. The van der Waals surface area contributed by atoms with Crippen LogP contribution in [0.5, 0.6) is 0 Å². The van der Waals surface area contributed by atoms with Crippen molar-refractivity contribution in [3.63, 3.8) is 0 Å². The molecule has 21 heavy (non-hydrogen) atoms. The molecule has 0 aliphatic heterocycles. The molecule has 0 aliphatic rings. The fourth-order valence-electron chi connectivity index (χ4n) is 1.78. The van der Waals surface area contributed by atoms with Crippen molar-refractivity contribution >= 4 is 28.9 Å². The first kappa shape index (κ1) is 14.9. The molecule has 0 bridgehead atoms. The van der Waals surface area contributed by atoms with Crippen LogP contribution < -0.4 is 10.2 Å². The van der Waals surface area contributed by atoms with Gasteiger partial charge in [0.15, 0.2) is 0 Å². The number of aromatic nitrogens is 1. The zero-order valence-corrected chi connectivity index (χ0v) is 11.7. The van der Waals surface area contributed by atoms with Crippen LogP contribution in [0, 0.1) is 12.7 Å². The van der Waals surface area contributed by atoms with Crippen LogP contribution in [0.4, 0.5) is 10.1 Å². The highest BCUT2D eigenvalue weighted by atomic mass is 32.1. The van der Waals surface area contributed by atoms with Crippen LogP contribution in [0.1, 0.15) is 16.1 Å². The summed E-state index contributed by atoms with van der Waals surface area (Å²) in [5.41, 5.74) is -0.133. The average Bonchev–Trinajstić information content (AvgIpc) is 2.70. The molecule has 0 spiro atoms. The second-order valence-corrected chi connectivity index (χ2v) is 5.07. The third kappa shape index (κ3) is 3.16. The Morgan fingerprint density at radius 2 is 2.14 bits per heavy atom. The molecule has 1 aromatic heterocycles. The number of aryl methyl sites for hydroxylation is 1. The number of nitrogens with one attached hydrogen (secondary N) is 1. The number of carbonyl (C=O) groups excluding carboxylic acids is 1. The maximum atomic E-state index is 13.5. The number of aromatic carboxylic acids is 1. The van der Waals surface area contributed by atoms with Gasteiger partial charge in [0.25, 0.3) is 0 Å². The van der Waals surface area contributed by atoms with E-state index >= 15 is 0 Å². The number of carboxylic acid groups (broad SMARTS) is 1. The molecule has 110 valence electrons. The molecule has 1 aromatic carbocycles. The summed E-state index contributed by atoms with van der Waals surface area (Å²) >= 11 is 0.963. The predicted octanol–water partition coefficient (Wildman–Crippen LogP) is 1.69. The first-order valence-electron chi connectivity index (χ1n) is 5.86. The summed E-state index contributed by atoms with van der Waals surface area (Å²) < 4.78 is 14.7. The lowest BCUT2D eigenvalue weighted by atomic mass is 10.1. The molecule has 0 fully saturated rings. The summed E-state index contributed by atoms with van der Waals surface area (Å²) in [6.07, 6.45) is 0. The Morgan fingerprint density at radius 1 is 1.43 bits per heavy atom. The lowest BCUT2D eigenvalue weighted by Crippen LogP contribution is -2.26. The quantitative estimate of drug-likeness (QED) is 0.899. The summed E-state index contributed by atoms with van der Waals surface area (Å²) in [6, 6.07) is 3.57. The number of anilines is 1. The van der Waals surface area contributed by atoms with Crippen molar-refractivity contribution in [2.75, 3.05) is 5.32 Å². The number of amides is 1. The number of nitrogens with zero attached hydrogens (tertiary/aromatic N) is 1. The topological polar surface area (TPSA) is 88.4 Å². The normalized spacial score (nSPS) is 10.4. The van der Waals surface area contributed by atoms with Crippen molar-refractivity contribution in [2.45, 2.75) is 13.5 Å². The first-order valence-corrected chi connectivity index (χ1v) is 6.74. The summed E-state index contributed by atoms with van der Waals surface area (Å²) in [7, 11) is 0.